The number of nitrogens with one attached hydrogen (secondary N) is 1. The van der Waals surface area contributed by atoms with E-state index in [4.69, 9.17) is 5.21 Å². The van der Waals surface area contributed by atoms with Crippen molar-refractivity contribution in [3.05, 3.63) is 83.2 Å². The van der Waals surface area contributed by atoms with Gasteiger partial charge >= 0.3 is 0 Å². The molecule has 1 unspecified atom stereocenters. The minimum absolute atomic E-state index is 0.131. The van der Waals surface area contributed by atoms with Crippen molar-refractivity contribution in [2.75, 3.05) is 20.1 Å². The van der Waals surface area contributed by atoms with Gasteiger partial charge in [0.2, 0.25) is 5.91 Å². The normalized spacial score (nSPS) is 18.2. The number of fused-ring (bicyclic) bond motifs is 6. The van der Waals surface area contributed by atoms with Gasteiger partial charge in [-0.15, -0.1) is 0 Å². The van der Waals surface area contributed by atoms with Crippen LogP contribution in [0, 0.1) is 0 Å². The molecule has 0 spiro atoms. The number of benzene rings is 2. The largest absolute Gasteiger partial charge is 0.367 e. The van der Waals surface area contributed by atoms with Crippen molar-refractivity contribution >= 4 is 22.7 Å². The Bertz CT molecular complexity index is 1210. The van der Waals surface area contributed by atoms with E-state index in [0.29, 0.717) is 31.7 Å². The first-order valence-corrected chi connectivity index (χ1v) is 10.3. The maximum absolute atomic E-state index is 13.2. The lowest BCUT2D eigenvalue weighted by atomic mass is 9.91. The topological polar surface area (TPSA) is 77.8 Å². The van der Waals surface area contributed by atoms with Crippen LogP contribution in [0.4, 0.5) is 0 Å². The number of carbonyl (C=O) groups is 2. The zero-order valence-electron chi connectivity index (χ0n) is 17.3. The lowest BCUT2D eigenvalue weighted by Crippen LogP contribution is -2.35. The van der Waals surface area contributed by atoms with Crippen LogP contribution in [-0.4, -0.2) is 51.5 Å². The Morgan fingerprint density at radius 1 is 1.16 bits per heavy atom. The first kappa shape index (κ1) is 19.4. The van der Waals surface area contributed by atoms with E-state index in [0.717, 1.165) is 33.4 Å². The van der Waals surface area contributed by atoms with Crippen molar-refractivity contribution in [2.45, 2.75) is 19.0 Å². The van der Waals surface area contributed by atoms with Gasteiger partial charge in [-0.05, 0) is 29.3 Å². The Morgan fingerprint density at radius 2 is 1.90 bits per heavy atom. The van der Waals surface area contributed by atoms with Crippen LogP contribution in [0.5, 0.6) is 0 Å². The van der Waals surface area contributed by atoms with Crippen LogP contribution in [0.2, 0.25) is 0 Å². The summed E-state index contributed by atoms with van der Waals surface area (Å²) in [6, 6.07) is 15.4. The number of hydrogen-bond donors (Lipinski definition) is 2. The molecule has 1 atom stereocenters. The molecule has 2 aliphatic heterocycles. The lowest BCUT2D eigenvalue weighted by Gasteiger charge is -2.32. The fourth-order valence-corrected chi connectivity index (χ4v) is 4.85. The van der Waals surface area contributed by atoms with E-state index in [-0.39, 0.29) is 11.8 Å². The Hall–Kier alpha value is -3.58. The average molecular weight is 416 g/mol. The van der Waals surface area contributed by atoms with Gasteiger partial charge in [0, 0.05) is 48.0 Å². The number of aromatic nitrogens is 1. The fourth-order valence-electron chi connectivity index (χ4n) is 4.85. The SMILES string of the molecule is C=C1CN(C)C(=O)C2CN1Cc1c2c2ccccc2n1Cc1ccc(C(=O)NO)cc1. The van der Waals surface area contributed by atoms with Crippen molar-refractivity contribution in [3.63, 3.8) is 0 Å². The molecule has 1 fully saturated rings. The van der Waals surface area contributed by atoms with Gasteiger partial charge in [0.25, 0.3) is 5.91 Å². The van der Waals surface area contributed by atoms with Gasteiger partial charge in [-0.1, -0.05) is 36.9 Å². The number of amides is 2. The van der Waals surface area contributed by atoms with Crippen LogP contribution in [-0.2, 0) is 17.9 Å². The molecule has 3 aromatic rings. The summed E-state index contributed by atoms with van der Waals surface area (Å²) in [5.41, 5.74) is 7.40. The summed E-state index contributed by atoms with van der Waals surface area (Å²) in [7, 11) is 1.85. The van der Waals surface area contributed by atoms with Gasteiger partial charge < -0.3 is 14.4 Å². The average Bonchev–Trinajstić information content (AvgIpc) is 3.07. The highest BCUT2D eigenvalue weighted by atomic mass is 16.5. The van der Waals surface area contributed by atoms with Gasteiger partial charge in [-0.25, -0.2) is 5.48 Å². The monoisotopic (exact) mass is 416 g/mol. The van der Waals surface area contributed by atoms with Crippen molar-refractivity contribution in [3.8, 4) is 0 Å². The van der Waals surface area contributed by atoms with Crippen molar-refractivity contribution in [1.82, 2.24) is 19.8 Å². The summed E-state index contributed by atoms with van der Waals surface area (Å²) in [6.45, 7) is 6.76. The minimum Gasteiger partial charge on any atom is -0.367 e. The first-order valence-electron chi connectivity index (χ1n) is 10.3. The fraction of sp³-hybridized carbons (Fsp3) is 0.250. The molecule has 0 aliphatic carbocycles. The summed E-state index contributed by atoms with van der Waals surface area (Å²) in [5, 5.41) is 9.95. The molecule has 158 valence electrons. The van der Waals surface area contributed by atoms with E-state index in [1.165, 1.54) is 0 Å². The molecule has 2 amide bonds. The second-order valence-electron chi connectivity index (χ2n) is 8.30. The molecule has 7 heteroatoms. The molecule has 2 aromatic carbocycles. The van der Waals surface area contributed by atoms with Crippen LogP contribution in [0.15, 0.2) is 60.8 Å². The highest BCUT2D eigenvalue weighted by molar-refractivity contribution is 5.95. The molecule has 0 saturated carbocycles. The third-order valence-corrected chi connectivity index (χ3v) is 6.41. The third kappa shape index (κ3) is 3.09. The summed E-state index contributed by atoms with van der Waals surface area (Å²) >= 11 is 0. The lowest BCUT2D eigenvalue weighted by molar-refractivity contribution is -0.130. The van der Waals surface area contributed by atoms with Crippen molar-refractivity contribution < 1.29 is 14.8 Å². The zero-order chi connectivity index (χ0) is 21.7. The second kappa shape index (κ2) is 7.28. The molecule has 0 radical (unpaired) electrons. The van der Waals surface area contributed by atoms with Crippen LogP contribution in [0.25, 0.3) is 10.9 Å². The van der Waals surface area contributed by atoms with Gasteiger partial charge in [-0.2, -0.15) is 0 Å². The van der Waals surface area contributed by atoms with E-state index < -0.39 is 5.91 Å². The number of likely N-dealkylation sites (N-methyl/N-ethyl adjacent to an activating group) is 1. The number of hydrogen-bond acceptors (Lipinski definition) is 4. The predicted octanol–water partition coefficient (Wildman–Crippen LogP) is 2.69. The first-order chi connectivity index (χ1) is 15.0. The van der Waals surface area contributed by atoms with Gasteiger partial charge in [0.15, 0.2) is 0 Å². The number of nitrogens with zero attached hydrogens (tertiary/aromatic N) is 3. The van der Waals surface area contributed by atoms with E-state index >= 15 is 0 Å². The molecular weight excluding hydrogens is 392 g/mol. The predicted molar refractivity (Wildman–Crippen MR) is 117 cm³/mol. The Balaban J connectivity index is 1.62. The van der Waals surface area contributed by atoms with Crippen LogP contribution in [0.3, 0.4) is 0 Å². The molecular formula is C24H24N4O3. The van der Waals surface area contributed by atoms with E-state index in [1.807, 2.05) is 31.3 Å². The third-order valence-electron chi connectivity index (χ3n) is 6.41. The van der Waals surface area contributed by atoms with Gasteiger partial charge in [-0.3, -0.25) is 14.8 Å². The standard InChI is InChI=1S/C24H24N4O3/c1-15-11-26(2)24(30)19-13-27(15)14-21-22(19)18-5-3-4-6-20(18)28(21)12-16-7-9-17(10-8-16)23(29)25-31/h3-10,19,31H,1,11-14H2,2H3,(H,25,29). The van der Waals surface area contributed by atoms with Crippen LogP contribution >= 0.6 is 0 Å². The molecule has 5 rings (SSSR count). The highest BCUT2D eigenvalue weighted by Gasteiger charge is 2.39. The molecule has 2 N–H and O–H groups in total. The molecule has 2 aliphatic rings. The quantitative estimate of drug-likeness (QED) is 0.508. The minimum atomic E-state index is -0.534. The summed E-state index contributed by atoms with van der Waals surface area (Å²) in [6.07, 6.45) is 0. The maximum atomic E-state index is 13.2. The number of hydroxylamine groups is 1. The van der Waals surface area contributed by atoms with Crippen LogP contribution in [0.1, 0.15) is 33.1 Å². The Labute approximate surface area is 180 Å². The van der Waals surface area contributed by atoms with Crippen molar-refractivity contribution in [2.24, 2.45) is 0 Å². The zero-order valence-corrected chi connectivity index (χ0v) is 17.3. The van der Waals surface area contributed by atoms with Gasteiger partial charge in [0.05, 0.1) is 19.0 Å². The summed E-state index contributed by atoms with van der Waals surface area (Å²) in [5.74, 6) is -0.616. The van der Waals surface area contributed by atoms with Crippen LogP contribution < -0.4 is 5.48 Å². The van der Waals surface area contributed by atoms with Crippen molar-refractivity contribution in [1.29, 1.82) is 0 Å². The molecule has 3 heterocycles. The van der Waals surface area contributed by atoms with E-state index in [2.05, 4.69) is 28.2 Å². The van der Waals surface area contributed by atoms with Gasteiger partial charge in [0.1, 0.15) is 0 Å². The van der Waals surface area contributed by atoms with E-state index in [1.54, 1.807) is 22.5 Å². The molecule has 31 heavy (non-hydrogen) atoms. The second-order valence-corrected chi connectivity index (χ2v) is 8.30. The summed E-state index contributed by atoms with van der Waals surface area (Å²) in [4.78, 5) is 28.8. The molecule has 1 saturated heterocycles. The van der Waals surface area contributed by atoms with E-state index in [9.17, 15) is 9.59 Å². The number of rotatable bonds is 3. The Morgan fingerprint density at radius 3 is 2.65 bits per heavy atom. The number of para-hydroxylation sites is 1. The summed E-state index contributed by atoms with van der Waals surface area (Å²) < 4.78 is 2.27. The molecule has 2 bridgehead atoms. The maximum Gasteiger partial charge on any atom is 0.274 e. The smallest absolute Gasteiger partial charge is 0.274 e. The molecule has 1 aromatic heterocycles. The molecule has 7 nitrogen and oxygen atoms in total. The Kier molecular flexibility index (Phi) is 4.55. The highest BCUT2D eigenvalue weighted by Crippen LogP contribution is 2.40. The number of carbonyl (C=O) groups excluding carboxylic acids is 2.